The van der Waals surface area contributed by atoms with E-state index < -0.39 is 29.3 Å². The molecular formula is C30H24FN5O3S2. The summed E-state index contributed by atoms with van der Waals surface area (Å²) < 4.78 is 17.6. The fourth-order valence-electron chi connectivity index (χ4n) is 4.88. The predicted octanol–water partition coefficient (Wildman–Crippen LogP) is 6.17. The van der Waals surface area contributed by atoms with Crippen LogP contribution in [0.4, 0.5) is 9.52 Å². The molecule has 1 saturated heterocycles. The first kappa shape index (κ1) is 26.9. The third-order valence-electron chi connectivity index (χ3n) is 7.04. The Kier molecular flexibility index (Phi) is 6.92. The van der Waals surface area contributed by atoms with Gasteiger partial charge in [-0.25, -0.2) is 9.37 Å². The normalized spacial score (nSPS) is 16.7. The van der Waals surface area contributed by atoms with Gasteiger partial charge in [0, 0.05) is 17.5 Å². The first-order valence-electron chi connectivity index (χ1n) is 12.8. The van der Waals surface area contributed by atoms with Crippen molar-refractivity contribution >= 4 is 51.3 Å². The highest BCUT2D eigenvalue weighted by Gasteiger charge is 2.49. The second kappa shape index (κ2) is 10.6. The number of imidazole rings is 1. The number of Topliss-reactive ketones (excluding diaryl/α,β-unsaturated/α-hetero) is 1. The molecule has 2 aromatic carbocycles. The highest BCUT2D eigenvalue weighted by molar-refractivity contribution is 8.00. The van der Waals surface area contributed by atoms with Crippen LogP contribution >= 0.6 is 23.1 Å². The highest BCUT2D eigenvalue weighted by Crippen LogP contribution is 2.45. The van der Waals surface area contributed by atoms with Crippen LogP contribution in [0.15, 0.2) is 76.8 Å². The molecule has 0 radical (unpaired) electrons. The van der Waals surface area contributed by atoms with Gasteiger partial charge >= 0.3 is 5.91 Å². The molecule has 11 heteroatoms. The van der Waals surface area contributed by atoms with Crippen LogP contribution in [0.3, 0.4) is 0 Å². The molecule has 1 N–H and O–H groups in total. The lowest BCUT2D eigenvalue weighted by Crippen LogP contribution is -2.29. The number of aromatic nitrogens is 4. The van der Waals surface area contributed by atoms with E-state index in [2.05, 4.69) is 15.2 Å². The van der Waals surface area contributed by atoms with Gasteiger partial charge < -0.3 is 9.51 Å². The zero-order valence-corrected chi connectivity index (χ0v) is 24.0. The van der Waals surface area contributed by atoms with Gasteiger partial charge in [-0.15, -0.1) is 10.2 Å². The molecule has 6 rings (SSSR count). The quantitative estimate of drug-likeness (QED) is 0.0836. The molecule has 0 aliphatic carbocycles. The van der Waals surface area contributed by atoms with Crippen LogP contribution in [0, 0.1) is 26.6 Å². The first-order chi connectivity index (χ1) is 19.7. The second-order valence-corrected chi connectivity index (χ2v) is 11.9. The molecule has 0 bridgehead atoms. The van der Waals surface area contributed by atoms with Gasteiger partial charge in [-0.3, -0.25) is 14.5 Å². The molecule has 1 fully saturated rings. The maximum atomic E-state index is 15.3. The number of hydrogen-bond acceptors (Lipinski definition) is 8. The Hall–Kier alpha value is -4.35. The van der Waals surface area contributed by atoms with E-state index in [0.717, 1.165) is 32.9 Å². The molecule has 0 spiro atoms. The van der Waals surface area contributed by atoms with Gasteiger partial charge in [0.25, 0.3) is 5.78 Å². The topological polar surface area (TPSA) is 101 Å². The van der Waals surface area contributed by atoms with Crippen LogP contribution < -0.4 is 4.90 Å². The van der Waals surface area contributed by atoms with E-state index >= 15 is 4.39 Å². The lowest BCUT2D eigenvalue weighted by molar-refractivity contribution is -0.132. The number of benzene rings is 2. The van der Waals surface area contributed by atoms with Crippen LogP contribution in [-0.2, 0) is 15.3 Å². The van der Waals surface area contributed by atoms with Gasteiger partial charge in [0.2, 0.25) is 5.13 Å². The van der Waals surface area contributed by atoms with Gasteiger partial charge in [0.1, 0.15) is 23.2 Å². The van der Waals surface area contributed by atoms with E-state index in [1.54, 1.807) is 23.6 Å². The zero-order chi connectivity index (χ0) is 28.8. The number of amides is 1. The van der Waals surface area contributed by atoms with Crippen molar-refractivity contribution in [3.05, 3.63) is 112 Å². The summed E-state index contributed by atoms with van der Waals surface area (Å²) in [5.74, 6) is -2.34. The zero-order valence-electron chi connectivity index (χ0n) is 22.3. The lowest BCUT2D eigenvalue weighted by Gasteiger charge is -2.22. The number of nitrogens with zero attached hydrogens (tertiary/aromatic N) is 5. The molecule has 1 aliphatic rings. The van der Waals surface area contributed by atoms with Crippen LogP contribution in [0.25, 0.3) is 11.4 Å². The number of carbonyl (C=O) groups excluding carboxylic acids is 2. The monoisotopic (exact) mass is 585 g/mol. The second-order valence-electron chi connectivity index (χ2n) is 9.75. The summed E-state index contributed by atoms with van der Waals surface area (Å²) in [6, 6.07) is 16.5. The summed E-state index contributed by atoms with van der Waals surface area (Å²) in [7, 11) is 0. The van der Waals surface area contributed by atoms with Crippen LogP contribution in [0.1, 0.15) is 39.7 Å². The maximum absolute atomic E-state index is 15.3. The maximum Gasteiger partial charge on any atom is 0.301 e. The molecule has 41 heavy (non-hydrogen) atoms. The van der Waals surface area contributed by atoms with Crippen molar-refractivity contribution in [1.29, 1.82) is 0 Å². The Morgan fingerprint density at radius 2 is 1.78 bits per heavy atom. The number of aryl methyl sites for hydroxylation is 3. The lowest BCUT2D eigenvalue weighted by atomic mass is 9.96. The Morgan fingerprint density at radius 3 is 2.51 bits per heavy atom. The van der Waals surface area contributed by atoms with Gasteiger partial charge in [-0.2, -0.15) is 0 Å². The molecule has 1 amide bonds. The number of aliphatic hydroxyl groups is 1. The fraction of sp³-hybridized carbons (Fsp3) is 0.167. The number of pyridine rings is 1. The standard InChI is InChI=1S/C30H24FN5O3S2/c1-16-10-12-19(13-11-16)15-40-30-34-33-29(41-30)36-24(20-8-4-5-9-21(20)31)22(26(38)28(36)39)25(37)23-18(3)35-14-6-7-17(2)27(35)32-23/h4-14,24,37H,15H2,1-3H3. The van der Waals surface area contributed by atoms with Crippen molar-refractivity contribution in [2.75, 3.05) is 4.90 Å². The first-order valence-corrected chi connectivity index (χ1v) is 14.6. The number of ketones is 1. The average molecular weight is 586 g/mol. The minimum absolute atomic E-state index is 0.0508. The van der Waals surface area contributed by atoms with Crippen molar-refractivity contribution in [2.45, 2.75) is 36.9 Å². The molecule has 0 saturated carbocycles. The third kappa shape index (κ3) is 4.70. The Balaban J connectivity index is 1.44. The number of thioether (sulfide) groups is 1. The van der Waals surface area contributed by atoms with Crippen LogP contribution in [0.2, 0.25) is 0 Å². The molecule has 1 unspecified atom stereocenters. The Morgan fingerprint density at radius 1 is 1.02 bits per heavy atom. The van der Waals surface area contributed by atoms with E-state index in [4.69, 9.17) is 0 Å². The van der Waals surface area contributed by atoms with E-state index in [0.29, 0.717) is 21.4 Å². The number of rotatable bonds is 6. The third-order valence-corrected chi connectivity index (χ3v) is 9.16. The summed E-state index contributed by atoms with van der Waals surface area (Å²) in [6.45, 7) is 5.66. The highest BCUT2D eigenvalue weighted by atomic mass is 32.2. The van der Waals surface area contributed by atoms with Gasteiger partial charge in [0.05, 0.1) is 11.3 Å². The number of halogens is 1. The van der Waals surface area contributed by atoms with Gasteiger partial charge in [-0.1, -0.05) is 77.2 Å². The summed E-state index contributed by atoms with van der Waals surface area (Å²) in [4.78, 5) is 32.7. The largest absolute Gasteiger partial charge is 0.505 e. The van der Waals surface area contributed by atoms with E-state index in [1.807, 2.05) is 50.2 Å². The molecule has 4 heterocycles. The molecular weight excluding hydrogens is 561 g/mol. The minimum Gasteiger partial charge on any atom is -0.505 e. The van der Waals surface area contributed by atoms with Crippen molar-refractivity contribution in [2.24, 2.45) is 0 Å². The minimum atomic E-state index is -1.26. The van der Waals surface area contributed by atoms with Gasteiger partial charge in [0.15, 0.2) is 10.1 Å². The fourth-order valence-corrected chi connectivity index (χ4v) is 6.71. The molecule has 5 aromatic rings. The Bertz CT molecular complexity index is 1860. The number of carbonyl (C=O) groups is 2. The summed E-state index contributed by atoms with van der Waals surface area (Å²) in [5, 5.41) is 20.1. The number of aliphatic hydroxyl groups excluding tert-OH is 1. The molecule has 1 aliphatic heterocycles. The van der Waals surface area contributed by atoms with E-state index in [1.165, 1.54) is 30.0 Å². The van der Waals surface area contributed by atoms with Gasteiger partial charge in [-0.05, 0) is 44.0 Å². The summed E-state index contributed by atoms with van der Waals surface area (Å²) in [6.07, 6.45) is 1.80. The molecule has 8 nitrogen and oxygen atoms in total. The smallest absolute Gasteiger partial charge is 0.301 e. The van der Waals surface area contributed by atoms with Crippen LogP contribution in [0.5, 0.6) is 0 Å². The molecule has 1 atom stereocenters. The SMILES string of the molecule is Cc1ccc(CSc2nnc(N3C(=O)C(=O)C(=C(O)c4nc5c(C)cccn5c4C)C3c3ccccc3F)s2)cc1. The summed E-state index contributed by atoms with van der Waals surface area (Å²) >= 11 is 2.57. The van der Waals surface area contributed by atoms with Crippen molar-refractivity contribution in [3.8, 4) is 0 Å². The van der Waals surface area contributed by atoms with Crippen molar-refractivity contribution in [3.63, 3.8) is 0 Å². The predicted molar refractivity (Wildman–Crippen MR) is 156 cm³/mol. The molecule has 3 aromatic heterocycles. The number of fused-ring (bicyclic) bond motifs is 1. The van der Waals surface area contributed by atoms with E-state index in [9.17, 15) is 14.7 Å². The number of hydrogen-bond donors (Lipinski definition) is 1. The van der Waals surface area contributed by atoms with Crippen LogP contribution in [-0.4, -0.2) is 36.4 Å². The summed E-state index contributed by atoms with van der Waals surface area (Å²) in [5.41, 5.74) is 4.24. The van der Waals surface area contributed by atoms with Crippen molar-refractivity contribution < 1.29 is 19.1 Å². The molecule has 206 valence electrons. The number of anilines is 1. The van der Waals surface area contributed by atoms with E-state index in [-0.39, 0.29) is 22.0 Å². The van der Waals surface area contributed by atoms with Crippen molar-refractivity contribution in [1.82, 2.24) is 19.6 Å². The average Bonchev–Trinajstić information content (AvgIpc) is 3.64. The Labute approximate surface area is 243 Å².